The molecular formula is C20H25ClN2O5S. The minimum absolute atomic E-state index is 0.0698. The number of nitrogens with two attached hydrogens (primary N) is 1. The number of primary sulfonamides is 1. The molecular weight excluding hydrogens is 416 g/mol. The molecule has 2 aliphatic rings. The minimum atomic E-state index is -3.70. The number of sulfonamides is 1. The van der Waals surface area contributed by atoms with E-state index >= 15 is 0 Å². The Morgan fingerprint density at radius 3 is 2.41 bits per heavy atom. The number of halogens is 1. The maximum absolute atomic E-state index is 12.9. The number of rotatable bonds is 6. The van der Waals surface area contributed by atoms with Crippen molar-refractivity contribution in [3.63, 3.8) is 0 Å². The molecule has 1 saturated carbocycles. The molecule has 2 aliphatic carbocycles. The predicted molar refractivity (Wildman–Crippen MR) is 112 cm³/mol. The lowest BCUT2D eigenvalue weighted by molar-refractivity contribution is 0.0941. The summed E-state index contributed by atoms with van der Waals surface area (Å²) < 4.78 is 33.4. The molecule has 7 nitrogen and oxygen atoms in total. The number of amides is 1. The van der Waals surface area contributed by atoms with Crippen molar-refractivity contribution in [1.82, 2.24) is 5.32 Å². The summed E-state index contributed by atoms with van der Waals surface area (Å²) in [6, 6.07) is 3.04. The third-order valence-corrected chi connectivity index (χ3v) is 7.06. The molecule has 1 fully saturated rings. The van der Waals surface area contributed by atoms with E-state index in [1.54, 1.807) is 18.2 Å². The lowest BCUT2D eigenvalue weighted by Crippen LogP contribution is -2.30. The first-order chi connectivity index (χ1) is 13.5. The summed E-state index contributed by atoms with van der Waals surface area (Å²) >= 11 is 6.18. The quantitative estimate of drug-likeness (QED) is 0.707. The van der Waals surface area contributed by atoms with Crippen LogP contribution < -0.4 is 19.9 Å². The third kappa shape index (κ3) is 4.15. The average Bonchev–Trinajstić information content (AvgIpc) is 3.20. The van der Waals surface area contributed by atoms with Crippen LogP contribution in [0.4, 0.5) is 0 Å². The highest BCUT2D eigenvalue weighted by molar-refractivity contribution is 7.93. The van der Waals surface area contributed by atoms with Gasteiger partial charge >= 0.3 is 0 Å². The highest BCUT2D eigenvalue weighted by Crippen LogP contribution is 2.57. The molecule has 3 N–H and O–H groups in total. The third-order valence-electron chi connectivity index (χ3n) is 5.80. The van der Waals surface area contributed by atoms with Gasteiger partial charge in [-0.15, -0.1) is 0 Å². The highest BCUT2D eigenvalue weighted by Gasteiger charge is 2.61. The molecule has 158 valence electrons. The number of carbonyl (C=O) groups is 1. The SMILES string of the molecule is COc1cc(OC)c(C(=O)N[C@H]2[C@H](C3C=CC(S(N)(=O)=O)=CC3)C2(C)C)cc1Cl. The maximum atomic E-state index is 12.9. The number of benzene rings is 1. The van der Waals surface area contributed by atoms with Crippen molar-refractivity contribution in [3.05, 3.63) is 45.9 Å². The summed E-state index contributed by atoms with van der Waals surface area (Å²) in [6.45, 7) is 4.15. The van der Waals surface area contributed by atoms with E-state index in [1.165, 1.54) is 20.3 Å². The van der Waals surface area contributed by atoms with Gasteiger partial charge in [0.05, 0.1) is 29.7 Å². The zero-order chi connectivity index (χ0) is 21.6. The molecule has 9 heteroatoms. The standard InChI is InChI=1S/C20H25ClN2O5S/c1-20(2)17(11-5-7-12(8-6-11)29(22,25)26)18(20)23-19(24)13-9-14(21)16(28-4)10-15(13)27-3/h5,7-11,17-18H,6H2,1-4H3,(H,23,24)(H2,22,25,26)/t11?,17-,18-/m0/s1. The summed E-state index contributed by atoms with van der Waals surface area (Å²) in [7, 11) is -0.733. The molecule has 0 aliphatic heterocycles. The van der Waals surface area contributed by atoms with Crippen molar-refractivity contribution in [2.24, 2.45) is 22.4 Å². The summed E-state index contributed by atoms with van der Waals surface area (Å²) in [5.74, 6) is 0.793. The van der Waals surface area contributed by atoms with Gasteiger partial charge < -0.3 is 14.8 Å². The Labute approximate surface area is 175 Å². The first kappa shape index (κ1) is 21.7. The van der Waals surface area contributed by atoms with E-state index in [0.29, 0.717) is 28.5 Å². The normalized spacial score (nSPS) is 25.2. The van der Waals surface area contributed by atoms with Gasteiger partial charge in [0.2, 0.25) is 10.0 Å². The van der Waals surface area contributed by atoms with Crippen LogP contribution in [0.5, 0.6) is 11.5 Å². The molecule has 1 aromatic carbocycles. The molecule has 3 atom stereocenters. The predicted octanol–water partition coefficient (Wildman–Crippen LogP) is 2.86. The van der Waals surface area contributed by atoms with Crippen LogP contribution in [0.3, 0.4) is 0 Å². The Kier molecular flexibility index (Phi) is 5.73. The summed E-state index contributed by atoms with van der Waals surface area (Å²) in [4.78, 5) is 13.0. The van der Waals surface area contributed by atoms with Gasteiger partial charge in [0.25, 0.3) is 5.91 Å². The molecule has 0 spiro atoms. The van der Waals surface area contributed by atoms with E-state index in [2.05, 4.69) is 19.2 Å². The van der Waals surface area contributed by atoms with Crippen LogP contribution in [-0.4, -0.2) is 34.6 Å². The van der Waals surface area contributed by atoms with Gasteiger partial charge in [0.15, 0.2) is 0 Å². The van der Waals surface area contributed by atoms with Gasteiger partial charge in [-0.05, 0) is 35.8 Å². The molecule has 0 heterocycles. The Morgan fingerprint density at radius 2 is 1.90 bits per heavy atom. The van der Waals surface area contributed by atoms with Crippen LogP contribution in [0.25, 0.3) is 0 Å². The molecule has 0 radical (unpaired) electrons. The van der Waals surface area contributed by atoms with Crippen molar-refractivity contribution in [3.8, 4) is 11.5 Å². The topological polar surface area (TPSA) is 108 Å². The monoisotopic (exact) mass is 440 g/mol. The number of nitrogens with one attached hydrogen (secondary N) is 1. The van der Waals surface area contributed by atoms with E-state index in [-0.39, 0.29) is 34.1 Å². The van der Waals surface area contributed by atoms with Crippen LogP contribution in [0.1, 0.15) is 30.6 Å². The van der Waals surface area contributed by atoms with E-state index < -0.39 is 10.0 Å². The average molecular weight is 441 g/mol. The summed E-state index contributed by atoms with van der Waals surface area (Å²) in [5.41, 5.74) is 0.191. The lowest BCUT2D eigenvalue weighted by Gasteiger charge is -2.17. The van der Waals surface area contributed by atoms with E-state index in [4.69, 9.17) is 26.2 Å². The van der Waals surface area contributed by atoms with Gasteiger partial charge in [-0.3, -0.25) is 4.79 Å². The van der Waals surface area contributed by atoms with Gasteiger partial charge in [-0.2, -0.15) is 0 Å². The van der Waals surface area contributed by atoms with Crippen LogP contribution in [-0.2, 0) is 10.0 Å². The van der Waals surface area contributed by atoms with Gasteiger partial charge in [-0.25, -0.2) is 13.6 Å². The molecule has 1 unspecified atom stereocenters. The molecule has 0 bridgehead atoms. The first-order valence-corrected chi connectivity index (χ1v) is 11.1. The van der Waals surface area contributed by atoms with Crippen molar-refractivity contribution < 1.29 is 22.7 Å². The second-order valence-corrected chi connectivity index (χ2v) is 9.86. The number of allylic oxidation sites excluding steroid dienone is 3. The fourth-order valence-corrected chi connectivity index (χ4v) is 4.94. The minimum Gasteiger partial charge on any atom is -0.496 e. The molecule has 1 amide bonds. The Morgan fingerprint density at radius 1 is 1.24 bits per heavy atom. The van der Waals surface area contributed by atoms with Crippen LogP contribution in [0, 0.1) is 17.3 Å². The van der Waals surface area contributed by atoms with E-state index in [0.717, 1.165) is 0 Å². The second-order valence-electron chi connectivity index (χ2n) is 7.90. The van der Waals surface area contributed by atoms with Crippen LogP contribution >= 0.6 is 11.6 Å². The number of hydrogen-bond acceptors (Lipinski definition) is 5. The summed E-state index contributed by atoms with van der Waals surface area (Å²) in [5, 5.41) is 8.58. The van der Waals surface area contributed by atoms with E-state index in [9.17, 15) is 13.2 Å². The zero-order valence-corrected chi connectivity index (χ0v) is 18.3. The largest absolute Gasteiger partial charge is 0.496 e. The first-order valence-electron chi connectivity index (χ1n) is 9.14. The Hall–Kier alpha value is -2.03. The molecule has 0 saturated heterocycles. The van der Waals surface area contributed by atoms with Crippen LogP contribution in [0.2, 0.25) is 5.02 Å². The maximum Gasteiger partial charge on any atom is 0.255 e. The number of carbonyl (C=O) groups excluding carboxylic acids is 1. The number of hydrogen-bond donors (Lipinski definition) is 2. The second kappa shape index (κ2) is 7.66. The molecule has 1 aromatic rings. The van der Waals surface area contributed by atoms with Gasteiger partial charge in [0.1, 0.15) is 11.5 Å². The van der Waals surface area contributed by atoms with E-state index in [1.807, 2.05) is 6.08 Å². The Balaban J connectivity index is 1.75. The highest BCUT2D eigenvalue weighted by atomic mass is 35.5. The summed E-state index contributed by atoms with van der Waals surface area (Å²) in [6.07, 6.45) is 5.60. The van der Waals surface area contributed by atoms with Gasteiger partial charge in [0, 0.05) is 12.1 Å². The van der Waals surface area contributed by atoms with Crippen molar-refractivity contribution in [1.29, 1.82) is 0 Å². The molecule has 0 aromatic heterocycles. The fourth-order valence-electron chi connectivity index (χ4n) is 4.10. The number of methoxy groups -OCH3 is 2. The van der Waals surface area contributed by atoms with Crippen molar-refractivity contribution >= 4 is 27.5 Å². The fraction of sp³-hybridized carbons (Fsp3) is 0.450. The van der Waals surface area contributed by atoms with Crippen LogP contribution in [0.15, 0.2) is 35.3 Å². The smallest absolute Gasteiger partial charge is 0.255 e. The molecule has 29 heavy (non-hydrogen) atoms. The Bertz CT molecular complexity index is 1000. The van der Waals surface area contributed by atoms with Gasteiger partial charge in [-0.1, -0.05) is 37.6 Å². The lowest BCUT2D eigenvalue weighted by atomic mass is 9.91. The number of ether oxygens (including phenoxy) is 2. The van der Waals surface area contributed by atoms with Crippen molar-refractivity contribution in [2.75, 3.05) is 14.2 Å². The molecule has 3 rings (SSSR count). The zero-order valence-electron chi connectivity index (χ0n) is 16.7. The van der Waals surface area contributed by atoms with Crippen molar-refractivity contribution in [2.45, 2.75) is 26.3 Å².